The van der Waals surface area contributed by atoms with Gasteiger partial charge in [0, 0.05) is 39.0 Å². The van der Waals surface area contributed by atoms with Gasteiger partial charge in [0.05, 0.1) is 18.8 Å². The second kappa shape index (κ2) is 7.62. The standard InChI is InChI=1S/C16H26N2O2/c1-13-11-18(12-14(2)20-13)16-7-5-4-6-15(16)10-17-8-9-19-3/h4-7,13-14,17H,8-12H2,1-3H3/t13-,14-/m0/s1. The first-order valence-electron chi connectivity index (χ1n) is 7.38. The maximum atomic E-state index is 5.82. The summed E-state index contributed by atoms with van der Waals surface area (Å²) in [5.41, 5.74) is 2.66. The van der Waals surface area contributed by atoms with Gasteiger partial charge < -0.3 is 19.7 Å². The minimum absolute atomic E-state index is 0.285. The number of benzene rings is 1. The van der Waals surface area contributed by atoms with Gasteiger partial charge in [0.25, 0.3) is 0 Å². The highest BCUT2D eigenvalue weighted by atomic mass is 16.5. The number of morpholine rings is 1. The Morgan fingerprint density at radius 2 is 1.95 bits per heavy atom. The van der Waals surface area contributed by atoms with Crippen LogP contribution in [-0.4, -0.2) is 45.6 Å². The van der Waals surface area contributed by atoms with E-state index in [1.165, 1.54) is 11.3 Å². The highest BCUT2D eigenvalue weighted by Crippen LogP contribution is 2.24. The third-order valence-corrected chi connectivity index (χ3v) is 3.55. The molecule has 112 valence electrons. The molecule has 0 unspecified atom stereocenters. The average Bonchev–Trinajstić information content (AvgIpc) is 2.43. The lowest BCUT2D eigenvalue weighted by molar-refractivity contribution is -0.00526. The van der Waals surface area contributed by atoms with Gasteiger partial charge >= 0.3 is 0 Å². The van der Waals surface area contributed by atoms with Crippen LogP contribution in [0.15, 0.2) is 24.3 Å². The lowest BCUT2D eigenvalue weighted by atomic mass is 10.1. The van der Waals surface area contributed by atoms with Gasteiger partial charge in [0.1, 0.15) is 0 Å². The molecule has 1 aromatic carbocycles. The van der Waals surface area contributed by atoms with Crippen molar-refractivity contribution >= 4 is 5.69 Å². The van der Waals surface area contributed by atoms with Gasteiger partial charge in [-0.05, 0) is 25.5 Å². The zero-order valence-corrected chi connectivity index (χ0v) is 12.8. The largest absolute Gasteiger partial charge is 0.383 e. The van der Waals surface area contributed by atoms with E-state index in [9.17, 15) is 0 Å². The molecule has 4 heteroatoms. The van der Waals surface area contributed by atoms with Crippen molar-refractivity contribution in [2.24, 2.45) is 0 Å². The molecule has 0 saturated carbocycles. The summed E-state index contributed by atoms with van der Waals surface area (Å²) in [6.45, 7) is 8.69. The van der Waals surface area contributed by atoms with Crippen LogP contribution in [0.4, 0.5) is 5.69 Å². The third-order valence-electron chi connectivity index (χ3n) is 3.55. The SMILES string of the molecule is COCCNCc1ccccc1N1C[C@H](C)O[C@@H](C)C1. The molecule has 1 fully saturated rings. The van der Waals surface area contributed by atoms with Gasteiger partial charge in [-0.1, -0.05) is 18.2 Å². The van der Waals surface area contributed by atoms with Crippen molar-refractivity contribution in [1.29, 1.82) is 0 Å². The summed E-state index contributed by atoms with van der Waals surface area (Å²) >= 11 is 0. The van der Waals surface area contributed by atoms with E-state index in [1.807, 2.05) is 0 Å². The normalized spacial score (nSPS) is 23.1. The van der Waals surface area contributed by atoms with Gasteiger partial charge in [0.15, 0.2) is 0 Å². The Hall–Kier alpha value is -1.10. The van der Waals surface area contributed by atoms with Crippen molar-refractivity contribution in [1.82, 2.24) is 5.32 Å². The zero-order valence-electron chi connectivity index (χ0n) is 12.8. The Labute approximate surface area is 122 Å². The molecule has 4 nitrogen and oxygen atoms in total. The van der Waals surface area contributed by atoms with Crippen molar-refractivity contribution in [2.45, 2.75) is 32.6 Å². The van der Waals surface area contributed by atoms with Crippen molar-refractivity contribution < 1.29 is 9.47 Å². The van der Waals surface area contributed by atoms with E-state index in [0.717, 1.165) is 32.8 Å². The number of nitrogens with one attached hydrogen (secondary N) is 1. The number of ether oxygens (including phenoxy) is 2. The fourth-order valence-electron chi connectivity index (χ4n) is 2.74. The predicted octanol–water partition coefficient (Wildman–Crippen LogP) is 2.04. The number of hydrogen-bond acceptors (Lipinski definition) is 4. The van der Waals surface area contributed by atoms with Crippen LogP contribution in [0.1, 0.15) is 19.4 Å². The van der Waals surface area contributed by atoms with Crippen molar-refractivity contribution in [3.63, 3.8) is 0 Å². The predicted molar refractivity (Wildman–Crippen MR) is 82.2 cm³/mol. The molecule has 0 amide bonds. The molecule has 0 bridgehead atoms. The molecule has 0 radical (unpaired) electrons. The third kappa shape index (κ3) is 4.20. The Morgan fingerprint density at radius 1 is 1.25 bits per heavy atom. The highest BCUT2D eigenvalue weighted by Gasteiger charge is 2.23. The van der Waals surface area contributed by atoms with Crippen LogP contribution < -0.4 is 10.2 Å². The molecular formula is C16H26N2O2. The quantitative estimate of drug-likeness (QED) is 0.807. The minimum atomic E-state index is 0.285. The monoisotopic (exact) mass is 278 g/mol. The molecule has 1 N–H and O–H groups in total. The van der Waals surface area contributed by atoms with E-state index < -0.39 is 0 Å². The van der Waals surface area contributed by atoms with Crippen molar-refractivity contribution in [3.8, 4) is 0 Å². The Bertz CT molecular complexity index is 401. The summed E-state index contributed by atoms with van der Waals surface area (Å²) < 4.78 is 10.9. The fraction of sp³-hybridized carbons (Fsp3) is 0.625. The zero-order chi connectivity index (χ0) is 14.4. The van der Waals surface area contributed by atoms with Gasteiger partial charge in [-0.3, -0.25) is 0 Å². The number of anilines is 1. The van der Waals surface area contributed by atoms with E-state index in [2.05, 4.69) is 48.3 Å². The molecule has 20 heavy (non-hydrogen) atoms. The average molecular weight is 278 g/mol. The number of para-hydroxylation sites is 1. The molecular weight excluding hydrogens is 252 g/mol. The molecule has 1 aliphatic rings. The Kier molecular flexibility index (Phi) is 5.83. The maximum absolute atomic E-state index is 5.82. The second-order valence-electron chi connectivity index (χ2n) is 5.46. The number of rotatable bonds is 6. The molecule has 1 aromatic rings. The lowest BCUT2D eigenvalue weighted by Gasteiger charge is -2.37. The summed E-state index contributed by atoms with van der Waals surface area (Å²) in [6.07, 6.45) is 0.571. The first kappa shape index (κ1) is 15.3. The summed E-state index contributed by atoms with van der Waals surface area (Å²) in [6, 6.07) is 8.61. The molecule has 0 aliphatic carbocycles. The van der Waals surface area contributed by atoms with Crippen LogP contribution in [0, 0.1) is 0 Å². The van der Waals surface area contributed by atoms with Crippen molar-refractivity contribution in [2.75, 3.05) is 38.3 Å². The van der Waals surface area contributed by atoms with E-state index in [4.69, 9.17) is 9.47 Å². The van der Waals surface area contributed by atoms with Crippen LogP contribution in [0.25, 0.3) is 0 Å². The highest BCUT2D eigenvalue weighted by molar-refractivity contribution is 5.54. The first-order chi connectivity index (χ1) is 9.70. The summed E-state index contributed by atoms with van der Waals surface area (Å²) in [5, 5.41) is 3.42. The van der Waals surface area contributed by atoms with E-state index in [1.54, 1.807) is 7.11 Å². The molecule has 1 saturated heterocycles. The van der Waals surface area contributed by atoms with Crippen LogP contribution in [0.3, 0.4) is 0 Å². The van der Waals surface area contributed by atoms with Crippen LogP contribution >= 0.6 is 0 Å². The smallest absolute Gasteiger partial charge is 0.0726 e. The molecule has 0 spiro atoms. The summed E-state index contributed by atoms with van der Waals surface area (Å²) in [5.74, 6) is 0. The lowest BCUT2D eigenvalue weighted by Crippen LogP contribution is -2.46. The van der Waals surface area contributed by atoms with E-state index in [-0.39, 0.29) is 12.2 Å². The van der Waals surface area contributed by atoms with Crippen LogP contribution in [0.5, 0.6) is 0 Å². The van der Waals surface area contributed by atoms with Crippen molar-refractivity contribution in [3.05, 3.63) is 29.8 Å². The fourth-order valence-corrected chi connectivity index (χ4v) is 2.74. The van der Waals surface area contributed by atoms with E-state index in [0.29, 0.717) is 0 Å². The van der Waals surface area contributed by atoms with Gasteiger partial charge in [0.2, 0.25) is 0 Å². The minimum Gasteiger partial charge on any atom is -0.383 e. The van der Waals surface area contributed by atoms with Gasteiger partial charge in [-0.15, -0.1) is 0 Å². The number of methoxy groups -OCH3 is 1. The number of nitrogens with zero attached hydrogens (tertiary/aromatic N) is 1. The molecule has 2 atom stereocenters. The summed E-state index contributed by atoms with van der Waals surface area (Å²) in [4.78, 5) is 2.44. The molecule has 0 aromatic heterocycles. The number of hydrogen-bond donors (Lipinski definition) is 1. The van der Waals surface area contributed by atoms with Crippen LogP contribution in [-0.2, 0) is 16.0 Å². The van der Waals surface area contributed by atoms with Crippen LogP contribution in [0.2, 0.25) is 0 Å². The molecule has 1 aliphatic heterocycles. The maximum Gasteiger partial charge on any atom is 0.0726 e. The Morgan fingerprint density at radius 3 is 2.65 bits per heavy atom. The molecule has 2 rings (SSSR count). The molecule has 1 heterocycles. The second-order valence-corrected chi connectivity index (χ2v) is 5.46. The topological polar surface area (TPSA) is 33.7 Å². The summed E-state index contributed by atoms with van der Waals surface area (Å²) in [7, 11) is 1.73. The first-order valence-corrected chi connectivity index (χ1v) is 7.38. The van der Waals surface area contributed by atoms with Gasteiger partial charge in [-0.2, -0.15) is 0 Å². The Balaban J connectivity index is 2.03. The van der Waals surface area contributed by atoms with E-state index >= 15 is 0 Å². The van der Waals surface area contributed by atoms with Gasteiger partial charge in [-0.25, -0.2) is 0 Å².